The molecule has 2 aliphatic heterocycles. The van der Waals surface area contributed by atoms with Gasteiger partial charge in [-0.2, -0.15) is 0 Å². The largest absolute Gasteiger partial charge is 0.355 e. The highest BCUT2D eigenvalue weighted by atomic mass is 35.5. The predicted molar refractivity (Wildman–Crippen MR) is 115 cm³/mol. The van der Waals surface area contributed by atoms with Gasteiger partial charge in [-0.15, -0.1) is 10.2 Å². The molecule has 7 heteroatoms. The zero-order chi connectivity index (χ0) is 20.1. The fourth-order valence-electron chi connectivity index (χ4n) is 4.38. The van der Waals surface area contributed by atoms with Gasteiger partial charge in [0.1, 0.15) is 0 Å². The van der Waals surface area contributed by atoms with Gasteiger partial charge < -0.3 is 10.2 Å². The van der Waals surface area contributed by atoms with E-state index in [1.165, 1.54) is 18.4 Å². The molecule has 0 spiro atoms. The Labute approximate surface area is 177 Å². The Morgan fingerprint density at radius 3 is 2.41 bits per heavy atom. The van der Waals surface area contributed by atoms with Gasteiger partial charge in [-0.1, -0.05) is 41.9 Å². The van der Waals surface area contributed by atoms with Crippen molar-refractivity contribution in [2.75, 3.05) is 37.6 Å². The molecule has 0 aliphatic carbocycles. The summed E-state index contributed by atoms with van der Waals surface area (Å²) in [6.07, 6.45) is 4.14. The number of amides is 1. The van der Waals surface area contributed by atoms with Crippen molar-refractivity contribution < 1.29 is 4.79 Å². The number of carbonyl (C=O) groups is 1. The summed E-state index contributed by atoms with van der Waals surface area (Å²) in [7, 11) is 0. The van der Waals surface area contributed by atoms with Crippen LogP contribution >= 0.6 is 11.6 Å². The van der Waals surface area contributed by atoms with Crippen LogP contribution in [-0.2, 0) is 4.79 Å². The summed E-state index contributed by atoms with van der Waals surface area (Å²) >= 11 is 5.82. The number of halogens is 1. The van der Waals surface area contributed by atoms with E-state index in [0.29, 0.717) is 11.7 Å². The van der Waals surface area contributed by atoms with E-state index < -0.39 is 0 Å². The normalized spacial score (nSPS) is 19.3. The fourth-order valence-corrected chi connectivity index (χ4v) is 4.48. The van der Waals surface area contributed by atoms with Crippen LogP contribution in [0.25, 0.3) is 0 Å². The first kappa shape index (κ1) is 20.1. The number of hydrogen-bond acceptors (Lipinski definition) is 5. The Hall–Kier alpha value is -2.18. The van der Waals surface area contributed by atoms with Crippen LogP contribution in [0.3, 0.4) is 0 Å². The lowest BCUT2D eigenvalue weighted by atomic mass is 9.95. The first-order valence-corrected chi connectivity index (χ1v) is 10.9. The lowest BCUT2D eigenvalue weighted by Crippen LogP contribution is -2.43. The molecule has 2 saturated heterocycles. The summed E-state index contributed by atoms with van der Waals surface area (Å²) in [5.41, 5.74) is 1.28. The summed E-state index contributed by atoms with van der Waals surface area (Å²) in [5.74, 6) is 1.06. The number of aromatic nitrogens is 2. The Bertz CT molecular complexity index is 787. The molecule has 4 rings (SSSR count). The summed E-state index contributed by atoms with van der Waals surface area (Å²) in [6.45, 7) is 4.50. The monoisotopic (exact) mass is 413 g/mol. The van der Waals surface area contributed by atoms with Crippen molar-refractivity contribution in [1.82, 2.24) is 20.4 Å². The summed E-state index contributed by atoms with van der Waals surface area (Å²) in [5, 5.41) is 11.7. The minimum atomic E-state index is 0.0570. The van der Waals surface area contributed by atoms with Gasteiger partial charge in [0, 0.05) is 25.6 Å². The topological polar surface area (TPSA) is 61.4 Å². The molecule has 1 aromatic heterocycles. The summed E-state index contributed by atoms with van der Waals surface area (Å²) < 4.78 is 0. The molecule has 29 heavy (non-hydrogen) atoms. The zero-order valence-electron chi connectivity index (χ0n) is 16.6. The van der Waals surface area contributed by atoms with Gasteiger partial charge in [0.05, 0.1) is 6.04 Å². The van der Waals surface area contributed by atoms with Crippen LogP contribution in [-0.4, -0.2) is 53.7 Å². The van der Waals surface area contributed by atoms with Crippen LogP contribution in [0.15, 0.2) is 42.5 Å². The van der Waals surface area contributed by atoms with E-state index >= 15 is 0 Å². The van der Waals surface area contributed by atoms with Crippen LogP contribution in [0.4, 0.5) is 5.82 Å². The molecule has 1 atom stereocenters. The average molecular weight is 414 g/mol. The molecule has 6 nitrogen and oxygen atoms in total. The number of hydrogen-bond donors (Lipinski definition) is 1. The molecule has 3 heterocycles. The highest BCUT2D eigenvalue weighted by molar-refractivity contribution is 6.29. The number of piperidine rings is 1. The molecule has 154 valence electrons. The zero-order valence-corrected chi connectivity index (χ0v) is 17.4. The van der Waals surface area contributed by atoms with Gasteiger partial charge in [0.25, 0.3) is 0 Å². The quantitative estimate of drug-likeness (QED) is 0.787. The molecule has 1 amide bonds. The maximum absolute atomic E-state index is 12.8. The first-order chi connectivity index (χ1) is 14.2. The van der Waals surface area contributed by atoms with Crippen molar-refractivity contribution in [3.63, 3.8) is 0 Å². The fraction of sp³-hybridized carbons (Fsp3) is 0.500. The molecule has 1 aromatic carbocycles. The minimum Gasteiger partial charge on any atom is -0.355 e. The lowest BCUT2D eigenvalue weighted by Gasteiger charge is -2.33. The third-order valence-electron chi connectivity index (χ3n) is 6.04. The van der Waals surface area contributed by atoms with Crippen LogP contribution in [0, 0.1) is 5.92 Å². The van der Waals surface area contributed by atoms with E-state index in [1.54, 1.807) is 6.07 Å². The maximum atomic E-state index is 12.8. The number of likely N-dealkylation sites (tertiary alicyclic amines) is 1. The number of anilines is 1. The van der Waals surface area contributed by atoms with E-state index in [2.05, 4.69) is 49.6 Å². The molecule has 2 fully saturated rings. The van der Waals surface area contributed by atoms with E-state index in [9.17, 15) is 4.79 Å². The highest BCUT2D eigenvalue weighted by Crippen LogP contribution is 2.26. The van der Waals surface area contributed by atoms with Gasteiger partial charge in [-0.05, 0) is 56.5 Å². The highest BCUT2D eigenvalue weighted by Gasteiger charge is 2.28. The smallest absolute Gasteiger partial charge is 0.223 e. The molecular weight excluding hydrogens is 386 g/mol. The molecule has 1 unspecified atom stereocenters. The lowest BCUT2D eigenvalue weighted by molar-refractivity contribution is -0.125. The van der Waals surface area contributed by atoms with Crippen molar-refractivity contribution in [1.29, 1.82) is 0 Å². The van der Waals surface area contributed by atoms with E-state index in [-0.39, 0.29) is 17.9 Å². The first-order valence-electron chi connectivity index (χ1n) is 10.5. The standard InChI is InChI=1S/C22H28ClN5O/c23-20-8-9-21(26-25-20)28-14-10-18(11-15-28)22(29)24-16-19(27-12-4-5-13-27)17-6-2-1-3-7-17/h1-3,6-9,18-19H,4-5,10-16H2,(H,24,29). The van der Waals surface area contributed by atoms with Crippen LogP contribution in [0.5, 0.6) is 0 Å². The van der Waals surface area contributed by atoms with E-state index in [4.69, 9.17) is 11.6 Å². The number of rotatable bonds is 6. The number of nitrogens with zero attached hydrogens (tertiary/aromatic N) is 4. The second-order valence-corrected chi connectivity index (χ2v) is 8.28. The third kappa shape index (κ3) is 5.06. The second kappa shape index (κ2) is 9.55. The predicted octanol–water partition coefficient (Wildman–Crippen LogP) is 3.30. The molecule has 1 N–H and O–H groups in total. The SMILES string of the molecule is O=C(NCC(c1ccccc1)N1CCCC1)C1CCN(c2ccc(Cl)nn2)CC1. The number of nitrogens with one attached hydrogen (secondary N) is 1. The van der Waals surface area contributed by atoms with E-state index in [1.807, 2.05) is 12.1 Å². The van der Waals surface area contributed by atoms with Crippen molar-refractivity contribution in [3.05, 3.63) is 53.2 Å². The molecular formula is C22H28ClN5O. The van der Waals surface area contributed by atoms with Crippen LogP contribution in [0.2, 0.25) is 5.15 Å². The average Bonchev–Trinajstić information content (AvgIpc) is 3.30. The summed E-state index contributed by atoms with van der Waals surface area (Å²) in [4.78, 5) is 17.5. The van der Waals surface area contributed by atoms with E-state index in [0.717, 1.165) is 44.8 Å². The number of carbonyl (C=O) groups excluding carboxylic acids is 1. The maximum Gasteiger partial charge on any atom is 0.223 e. The van der Waals surface area contributed by atoms with Gasteiger partial charge >= 0.3 is 0 Å². The van der Waals surface area contributed by atoms with Gasteiger partial charge in [0.15, 0.2) is 11.0 Å². The van der Waals surface area contributed by atoms with Crippen molar-refractivity contribution >= 4 is 23.3 Å². The van der Waals surface area contributed by atoms with Crippen molar-refractivity contribution in [2.24, 2.45) is 5.92 Å². The van der Waals surface area contributed by atoms with Crippen molar-refractivity contribution in [3.8, 4) is 0 Å². The van der Waals surface area contributed by atoms with Crippen molar-refractivity contribution in [2.45, 2.75) is 31.7 Å². The molecule has 0 bridgehead atoms. The molecule has 2 aliphatic rings. The Balaban J connectivity index is 1.31. The number of benzene rings is 1. The van der Waals surface area contributed by atoms with Crippen LogP contribution in [0.1, 0.15) is 37.3 Å². The molecule has 2 aromatic rings. The van der Waals surface area contributed by atoms with Crippen LogP contribution < -0.4 is 10.2 Å². The summed E-state index contributed by atoms with van der Waals surface area (Å²) in [6, 6.07) is 14.4. The Morgan fingerprint density at radius 1 is 1.03 bits per heavy atom. The Morgan fingerprint density at radius 2 is 1.76 bits per heavy atom. The molecule has 0 saturated carbocycles. The van der Waals surface area contributed by atoms with Gasteiger partial charge in [-0.25, -0.2) is 0 Å². The minimum absolute atomic E-state index is 0.0570. The Kier molecular flexibility index (Phi) is 6.62. The molecule has 0 radical (unpaired) electrons. The van der Waals surface area contributed by atoms with Gasteiger partial charge in [-0.3, -0.25) is 9.69 Å². The van der Waals surface area contributed by atoms with Gasteiger partial charge in [0.2, 0.25) is 5.91 Å². The second-order valence-electron chi connectivity index (χ2n) is 7.89. The third-order valence-corrected chi connectivity index (χ3v) is 6.24.